The second-order valence-corrected chi connectivity index (χ2v) is 2.28. The zero-order valence-corrected chi connectivity index (χ0v) is 13.2. The van der Waals surface area contributed by atoms with E-state index < -0.39 is 5.97 Å². The standard InChI is InChI=1S/C7H9NO2.Cs/c1-4-3-6(7(9)10)5(2)8-4;/h3,8H,1-2H3,(H,9,10);/q;+1/p-1. The van der Waals surface area contributed by atoms with E-state index in [0.717, 1.165) is 5.69 Å². The molecule has 0 spiro atoms. The van der Waals surface area contributed by atoms with Crippen molar-refractivity contribution in [3.05, 3.63) is 23.0 Å². The molecule has 0 atom stereocenters. The average molecular weight is 271 g/mol. The van der Waals surface area contributed by atoms with Crippen molar-refractivity contribution in [2.24, 2.45) is 0 Å². The van der Waals surface area contributed by atoms with Crippen LogP contribution in [0, 0.1) is 13.8 Å². The molecule has 0 fully saturated rings. The summed E-state index contributed by atoms with van der Waals surface area (Å²) in [6, 6.07) is 1.56. The predicted octanol–water partition coefficient (Wildman–Crippen LogP) is -3.00. The van der Waals surface area contributed by atoms with E-state index in [4.69, 9.17) is 0 Å². The van der Waals surface area contributed by atoms with E-state index in [2.05, 4.69) is 4.98 Å². The van der Waals surface area contributed by atoms with E-state index in [1.165, 1.54) is 0 Å². The number of carbonyl (C=O) groups excluding carboxylic acids is 1. The van der Waals surface area contributed by atoms with Gasteiger partial charge in [-0.3, -0.25) is 0 Å². The number of aryl methyl sites for hydroxylation is 2. The molecule has 0 saturated heterocycles. The Morgan fingerprint density at radius 3 is 2.27 bits per heavy atom. The van der Waals surface area contributed by atoms with Crippen LogP contribution >= 0.6 is 0 Å². The number of rotatable bonds is 1. The molecule has 1 N–H and O–H groups in total. The number of carbonyl (C=O) groups is 1. The van der Waals surface area contributed by atoms with Crippen LogP contribution in [0.3, 0.4) is 0 Å². The van der Waals surface area contributed by atoms with Gasteiger partial charge in [0.25, 0.3) is 0 Å². The van der Waals surface area contributed by atoms with Gasteiger partial charge in [-0.1, -0.05) is 0 Å². The SMILES string of the molecule is Cc1cc(C(=O)[O-])c(C)[nH]1.[Cs+]. The maximum Gasteiger partial charge on any atom is 1.00 e. The molecule has 0 aromatic carbocycles. The van der Waals surface area contributed by atoms with Gasteiger partial charge in [0.15, 0.2) is 0 Å². The van der Waals surface area contributed by atoms with Gasteiger partial charge in [0.1, 0.15) is 0 Å². The van der Waals surface area contributed by atoms with Crippen LogP contribution in [-0.2, 0) is 0 Å². The third-order valence-corrected chi connectivity index (χ3v) is 1.37. The molecule has 1 heterocycles. The largest absolute Gasteiger partial charge is 1.00 e. The number of carboxylic acids is 1. The Hall–Kier alpha value is 0.802. The number of nitrogens with one attached hydrogen (secondary N) is 1. The van der Waals surface area contributed by atoms with Crippen LogP contribution in [0.1, 0.15) is 21.7 Å². The Labute approximate surface area is 124 Å². The minimum atomic E-state index is -1.12. The number of H-pyrrole nitrogens is 1. The van der Waals surface area contributed by atoms with Gasteiger partial charge in [0.2, 0.25) is 0 Å². The molecule has 4 heteroatoms. The van der Waals surface area contributed by atoms with Crippen molar-refractivity contribution in [3.8, 4) is 0 Å². The molecule has 0 radical (unpaired) electrons. The molecule has 1 aromatic heterocycles. The zero-order chi connectivity index (χ0) is 7.72. The van der Waals surface area contributed by atoms with Crippen molar-refractivity contribution in [1.29, 1.82) is 0 Å². The summed E-state index contributed by atoms with van der Waals surface area (Å²) in [5.41, 5.74) is 1.74. The molecule has 0 aliphatic rings. The molecule has 0 unspecified atom stereocenters. The van der Waals surface area contributed by atoms with E-state index in [1.807, 2.05) is 0 Å². The van der Waals surface area contributed by atoms with Gasteiger partial charge in [-0.2, -0.15) is 0 Å². The number of aromatic amines is 1. The van der Waals surface area contributed by atoms with Gasteiger partial charge in [0.05, 0.1) is 5.97 Å². The summed E-state index contributed by atoms with van der Waals surface area (Å²) in [5.74, 6) is -1.12. The summed E-state index contributed by atoms with van der Waals surface area (Å²) >= 11 is 0. The average Bonchev–Trinajstić information content (AvgIpc) is 2.10. The number of aromatic nitrogens is 1. The smallest absolute Gasteiger partial charge is 0.545 e. The van der Waals surface area contributed by atoms with Crippen molar-refractivity contribution >= 4 is 5.97 Å². The van der Waals surface area contributed by atoms with Gasteiger partial charge < -0.3 is 14.9 Å². The van der Waals surface area contributed by atoms with E-state index in [-0.39, 0.29) is 74.5 Å². The second-order valence-electron chi connectivity index (χ2n) is 2.28. The van der Waals surface area contributed by atoms with Crippen LogP contribution in [0.15, 0.2) is 6.07 Å². The Bertz CT molecular complexity index is 267. The van der Waals surface area contributed by atoms with E-state index in [1.54, 1.807) is 19.9 Å². The van der Waals surface area contributed by atoms with Crippen molar-refractivity contribution in [3.63, 3.8) is 0 Å². The van der Waals surface area contributed by atoms with Gasteiger partial charge in [0, 0.05) is 17.0 Å². The van der Waals surface area contributed by atoms with Crippen LogP contribution in [0.2, 0.25) is 0 Å². The number of aromatic carboxylic acids is 1. The molecule has 0 saturated carbocycles. The first-order valence-corrected chi connectivity index (χ1v) is 2.99. The monoisotopic (exact) mass is 271 g/mol. The Morgan fingerprint density at radius 2 is 2.09 bits per heavy atom. The van der Waals surface area contributed by atoms with E-state index in [0.29, 0.717) is 5.69 Å². The molecular weight excluding hydrogens is 263 g/mol. The summed E-state index contributed by atoms with van der Waals surface area (Å²) in [6.45, 7) is 3.51. The first-order valence-electron chi connectivity index (χ1n) is 2.99. The van der Waals surface area contributed by atoms with E-state index >= 15 is 0 Å². The van der Waals surface area contributed by atoms with Gasteiger partial charge in [-0.25, -0.2) is 0 Å². The van der Waals surface area contributed by atoms with Crippen molar-refractivity contribution in [2.45, 2.75) is 13.8 Å². The van der Waals surface area contributed by atoms with Crippen molar-refractivity contribution in [2.75, 3.05) is 0 Å². The summed E-state index contributed by atoms with van der Waals surface area (Å²) in [5, 5.41) is 10.3. The molecule has 0 bridgehead atoms. The number of hydrogen-bond acceptors (Lipinski definition) is 2. The maximum absolute atomic E-state index is 10.3. The van der Waals surface area contributed by atoms with Gasteiger partial charge in [-0.15, -0.1) is 0 Å². The van der Waals surface area contributed by atoms with Crippen LogP contribution in [0.25, 0.3) is 0 Å². The van der Waals surface area contributed by atoms with Crippen LogP contribution in [0.5, 0.6) is 0 Å². The molecular formula is C7H8CsNO2. The molecule has 1 rings (SSSR count). The molecule has 54 valence electrons. The molecule has 0 amide bonds. The molecule has 11 heavy (non-hydrogen) atoms. The Kier molecular flexibility index (Phi) is 5.08. The van der Waals surface area contributed by atoms with Crippen LogP contribution < -0.4 is 74.0 Å². The van der Waals surface area contributed by atoms with Crippen LogP contribution in [-0.4, -0.2) is 11.0 Å². The second kappa shape index (κ2) is 4.74. The Balaban J connectivity index is 0.000001000. The first kappa shape index (κ1) is 11.8. The van der Waals surface area contributed by atoms with Crippen molar-refractivity contribution < 1.29 is 78.8 Å². The predicted molar refractivity (Wildman–Crippen MR) is 34.6 cm³/mol. The van der Waals surface area contributed by atoms with Gasteiger partial charge in [-0.05, 0) is 19.9 Å². The summed E-state index contributed by atoms with van der Waals surface area (Å²) in [6.07, 6.45) is 0. The third kappa shape index (κ3) is 2.96. The zero-order valence-electron chi connectivity index (χ0n) is 6.89. The summed E-state index contributed by atoms with van der Waals surface area (Å²) < 4.78 is 0. The molecule has 3 nitrogen and oxygen atoms in total. The molecule has 0 aliphatic carbocycles. The number of carboxylic acid groups (broad SMARTS) is 1. The van der Waals surface area contributed by atoms with Gasteiger partial charge >= 0.3 is 68.9 Å². The molecule has 0 aliphatic heterocycles. The fraction of sp³-hybridized carbons (Fsp3) is 0.286. The topological polar surface area (TPSA) is 55.9 Å². The normalized spacial score (nSPS) is 8.91. The quantitative estimate of drug-likeness (QED) is 0.592. The summed E-state index contributed by atoms with van der Waals surface area (Å²) in [4.78, 5) is 13.2. The number of hydrogen-bond donors (Lipinski definition) is 1. The minimum Gasteiger partial charge on any atom is -0.545 e. The first-order chi connectivity index (χ1) is 4.61. The molecule has 1 aromatic rings. The third-order valence-electron chi connectivity index (χ3n) is 1.37. The van der Waals surface area contributed by atoms with Crippen LogP contribution in [0.4, 0.5) is 0 Å². The summed E-state index contributed by atoms with van der Waals surface area (Å²) in [7, 11) is 0. The fourth-order valence-corrected chi connectivity index (χ4v) is 0.936. The fourth-order valence-electron chi connectivity index (χ4n) is 0.936. The maximum atomic E-state index is 10.3. The van der Waals surface area contributed by atoms with Crippen molar-refractivity contribution in [1.82, 2.24) is 4.98 Å². The minimum absolute atomic E-state index is 0. The Morgan fingerprint density at radius 1 is 1.55 bits per heavy atom. The van der Waals surface area contributed by atoms with E-state index in [9.17, 15) is 9.90 Å².